The first kappa shape index (κ1) is 17.3. The molecule has 1 rings (SSSR count). The third-order valence-corrected chi connectivity index (χ3v) is 3.15. The maximum Gasteiger partial charge on any atom is 0.122 e. The summed E-state index contributed by atoms with van der Waals surface area (Å²) in [6.07, 6.45) is 0.827. The zero-order valence-electron chi connectivity index (χ0n) is 13.1. The number of ether oxygens (including phenoxy) is 2. The van der Waals surface area contributed by atoms with E-state index in [0.29, 0.717) is 6.61 Å². The average molecular weight is 300 g/mol. The van der Waals surface area contributed by atoms with Crippen molar-refractivity contribution in [3.63, 3.8) is 0 Å². The smallest absolute Gasteiger partial charge is 0.122 e. The van der Waals surface area contributed by atoms with E-state index in [-0.39, 0.29) is 11.6 Å². The van der Waals surface area contributed by atoms with Crippen LogP contribution < -0.4 is 10.1 Å². The van der Waals surface area contributed by atoms with Gasteiger partial charge in [0.2, 0.25) is 0 Å². The van der Waals surface area contributed by atoms with Gasteiger partial charge in [0.1, 0.15) is 5.75 Å². The first-order chi connectivity index (χ1) is 9.35. The molecular formula is C16H26ClNO2. The molecule has 0 amide bonds. The summed E-state index contributed by atoms with van der Waals surface area (Å²) in [5, 5.41) is 4.18. The molecule has 0 aliphatic carbocycles. The van der Waals surface area contributed by atoms with Gasteiger partial charge in [-0.05, 0) is 57.5 Å². The fraction of sp³-hybridized carbons (Fsp3) is 0.625. The first-order valence-corrected chi connectivity index (χ1v) is 7.43. The van der Waals surface area contributed by atoms with Crippen molar-refractivity contribution in [1.29, 1.82) is 0 Å². The van der Waals surface area contributed by atoms with Crippen molar-refractivity contribution in [1.82, 2.24) is 5.32 Å². The Morgan fingerprint density at radius 2 is 2.00 bits per heavy atom. The molecule has 0 fully saturated rings. The molecule has 0 bridgehead atoms. The number of halogens is 1. The van der Waals surface area contributed by atoms with Gasteiger partial charge in [-0.15, -0.1) is 0 Å². The van der Waals surface area contributed by atoms with Crippen LogP contribution >= 0.6 is 11.6 Å². The molecule has 20 heavy (non-hydrogen) atoms. The molecule has 1 unspecified atom stereocenters. The van der Waals surface area contributed by atoms with Crippen LogP contribution in [0.2, 0.25) is 5.02 Å². The summed E-state index contributed by atoms with van der Waals surface area (Å²) in [6, 6.07) is 5.96. The van der Waals surface area contributed by atoms with E-state index < -0.39 is 0 Å². The minimum atomic E-state index is -0.133. The lowest BCUT2D eigenvalue weighted by atomic mass is 10.0. The predicted octanol–water partition coefficient (Wildman–Crippen LogP) is 3.68. The fourth-order valence-corrected chi connectivity index (χ4v) is 2.20. The number of nitrogens with one attached hydrogen (secondary N) is 1. The predicted molar refractivity (Wildman–Crippen MR) is 84.9 cm³/mol. The summed E-state index contributed by atoms with van der Waals surface area (Å²) in [6.45, 7) is 9.86. The molecule has 0 radical (unpaired) electrons. The topological polar surface area (TPSA) is 30.5 Å². The summed E-state index contributed by atoms with van der Waals surface area (Å²) < 4.78 is 11.3. The van der Waals surface area contributed by atoms with Crippen LogP contribution in [-0.2, 0) is 11.2 Å². The normalized spacial score (nSPS) is 13.3. The van der Waals surface area contributed by atoms with E-state index in [4.69, 9.17) is 21.1 Å². The average Bonchev–Trinajstić information content (AvgIpc) is 2.35. The van der Waals surface area contributed by atoms with E-state index in [0.717, 1.165) is 29.3 Å². The van der Waals surface area contributed by atoms with Crippen molar-refractivity contribution in [2.45, 2.75) is 45.8 Å². The second-order valence-corrected chi connectivity index (χ2v) is 6.27. The summed E-state index contributed by atoms with van der Waals surface area (Å²) in [4.78, 5) is 0. The first-order valence-electron chi connectivity index (χ1n) is 7.05. The van der Waals surface area contributed by atoms with Crippen LogP contribution in [-0.4, -0.2) is 31.9 Å². The van der Waals surface area contributed by atoms with Gasteiger partial charge in [-0.1, -0.05) is 18.5 Å². The molecule has 0 saturated carbocycles. The largest absolute Gasteiger partial charge is 0.496 e. The fourth-order valence-electron chi connectivity index (χ4n) is 2.00. The Labute approximate surface area is 127 Å². The lowest BCUT2D eigenvalue weighted by Crippen LogP contribution is -2.38. The Morgan fingerprint density at radius 3 is 2.55 bits per heavy atom. The molecule has 1 aromatic rings. The van der Waals surface area contributed by atoms with Crippen molar-refractivity contribution in [3.05, 3.63) is 28.8 Å². The van der Waals surface area contributed by atoms with E-state index in [1.165, 1.54) is 0 Å². The van der Waals surface area contributed by atoms with Gasteiger partial charge in [0, 0.05) is 11.1 Å². The molecular weight excluding hydrogens is 274 g/mol. The zero-order chi connectivity index (χ0) is 15.2. The number of benzene rings is 1. The number of methoxy groups -OCH3 is 1. The molecule has 0 aliphatic heterocycles. The Balaban J connectivity index is 2.76. The third kappa shape index (κ3) is 6.12. The van der Waals surface area contributed by atoms with Crippen LogP contribution in [0.3, 0.4) is 0 Å². The van der Waals surface area contributed by atoms with E-state index >= 15 is 0 Å². The van der Waals surface area contributed by atoms with Gasteiger partial charge in [0.05, 0.1) is 19.3 Å². The van der Waals surface area contributed by atoms with Crippen LogP contribution in [0.5, 0.6) is 5.75 Å². The Morgan fingerprint density at radius 1 is 1.30 bits per heavy atom. The summed E-state index contributed by atoms with van der Waals surface area (Å²) in [5.74, 6) is 0.869. The minimum Gasteiger partial charge on any atom is -0.496 e. The Bertz CT molecular complexity index is 415. The number of hydrogen-bond donors (Lipinski definition) is 1. The van der Waals surface area contributed by atoms with Gasteiger partial charge in [-0.25, -0.2) is 0 Å². The molecule has 0 aromatic heterocycles. The van der Waals surface area contributed by atoms with E-state index in [9.17, 15) is 0 Å². The Hall–Kier alpha value is -0.770. The molecule has 0 aliphatic rings. The van der Waals surface area contributed by atoms with Crippen molar-refractivity contribution in [2.24, 2.45) is 0 Å². The van der Waals surface area contributed by atoms with E-state index in [1.807, 2.05) is 18.2 Å². The van der Waals surface area contributed by atoms with Crippen molar-refractivity contribution < 1.29 is 9.47 Å². The van der Waals surface area contributed by atoms with Gasteiger partial charge in [-0.2, -0.15) is 0 Å². The maximum absolute atomic E-state index is 6.08. The second-order valence-electron chi connectivity index (χ2n) is 5.84. The molecule has 0 saturated heterocycles. The minimum absolute atomic E-state index is 0.133. The third-order valence-electron chi connectivity index (χ3n) is 2.92. The lowest BCUT2D eigenvalue weighted by Gasteiger charge is -2.25. The van der Waals surface area contributed by atoms with Crippen molar-refractivity contribution in [3.8, 4) is 5.75 Å². The monoisotopic (exact) mass is 299 g/mol. The highest BCUT2D eigenvalue weighted by molar-refractivity contribution is 6.30. The Kier molecular flexibility index (Phi) is 6.80. The SMILES string of the molecule is CCNC(COC(C)(C)C)Cc1cc(Cl)ccc1OC. The highest BCUT2D eigenvalue weighted by Crippen LogP contribution is 2.24. The van der Waals surface area contributed by atoms with Crippen LogP contribution in [0.4, 0.5) is 0 Å². The van der Waals surface area contributed by atoms with Gasteiger partial charge >= 0.3 is 0 Å². The molecule has 114 valence electrons. The van der Waals surface area contributed by atoms with Crippen LogP contribution in [0, 0.1) is 0 Å². The van der Waals surface area contributed by atoms with Crippen LogP contribution in [0.1, 0.15) is 33.3 Å². The number of likely N-dealkylation sites (N-methyl/N-ethyl adjacent to an activating group) is 1. The molecule has 1 aromatic carbocycles. The van der Waals surface area contributed by atoms with Crippen LogP contribution in [0.25, 0.3) is 0 Å². The lowest BCUT2D eigenvalue weighted by molar-refractivity contribution is -0.0142. The van der Waals surface area contributed by atoms with Gasteiger partial charge in [-0.3, -0.25) is 0 Å². The quantitative estimate of drug-likeness (QED) is 0.833. The standard InChI is InChI=1S/C16H26ClNO2/c1-6-18-14(11-20-16(2,3)4)10-12-9-13(17)7-8-15(12)19-5/h7-9,14,18H,6,10-11H2,1-5H3. The molecule has 1 N–H and O–H groups in total. The maximum atomic E-state index is 6.08. The summed E-state index contributed by atoms with van der Waals surface area (Å²) in [5.41, 5.74) is 0.968. The molecule has 0 heterocycles. The molecule has 4 heteroatoms. The van der Waals surface area contributed by atoms with Gasteiger partial charge < -0.3 is 14.8 Å². The zero-order valence-corrected chi connectivity index (χ0v) is 13.9. The highest BCUT2D eigenvalue weighted by atomic mass is 35.5. The highest BCUT2D eigenvalue weighted by Gasteiger charge is 2.17. The van der Waals surface area contributed by atoms with Gasteiger partial charge in [0.15, 0.2) is 0 Å². The van der Waals surface area contributed by atoms with E-state index in [1.54, 1.807) is 7.11 Å². The van der Waals surface area contributed by atoms with Crippen molar-refractivity contribution in [2.75, 3.05) is 20.3 Å². The van der Waals surface area contributed by atoms with E-state index in [2.05, 4.69) is 33.0 Å². The summed E-state index contributed by atoms with van der Waals surface area (Å²) in [7, 11) is 1.68. The van der Waals surface area contributed by atoms with Gasteiger partial charge in [0.25, 0.3) is 0 Å². The molecule has 1 atom stereocenters. The number of rotatable bonds is 7. The van der Waals surface area contributed by atoms with Crippen LogP contribution in [0.15, 0.2) is 18.2 Å². The second kappa shape index (κ2) is 7.87. The molecule has 0 spiro atoms. The van der Waals surface area contributed by atoms with Crippen molar-refractivity contribution >= 4 is 11.6 Å². The summed E-state index contributed by atoms with van der Waals surface area (Å²) >= 11 is 6.08. The number of hydrogen-bond acceptors (Lipinski definition) is 3. The molecule has 3 nitrogen and oxygen atoms in total.